The van der Waals surface area contributed by atoms with Crippen LogP contribution in [-0.2, 0) is 6.54 Å². The molecule has 1 saturated heterocycles. The van der Waals surface area contributed by atoms with Gasteiger partial charge in [0.2, 0.25) is 0 Å². The molecule has 0 saturated carbocycles. The van der Waals surface area contributed by atoms with Crippen molar-refractivity contribution >= 4 is 17.3 Å². The Morgan fingerprint density at radius 1 is 1.56 bits per heavy atom. The maximum absolute atomic E-state index is 11.0. The molecular formula is C12H16ClN3O2. The van der Waals surface area contributed by atoms with Crippen LogP contribution in [0.1, 0.15) is 12.0 Å². The van der Waals surface area contributed by atoms with Crippen LogP contribution in [0.4, 0.5) is 5.69 Å². The Morgan fingerprint density at radius 3 is 2.94 bits per heavy atom. The van der Waals surface area contributed by atoms with Crippen molar-refractivity contribution in [1.82, 2.24) is 4.90 Å². The highest BCUT2D eigenvalue weighted by atomic mass is 35.5. The molecule has 1 aromatic carbocycles. The summed E-state index contributed by atoms with van der Waals surface area (Å²) < 4.78 is 0. The predicted molar refractivity (Wildman–Crippen MR) is 70.5 cm³/mol. The second-order valence-electron chi connectivity index (χ2n) is 4.62. The quantitative estimate of drug-likeness (QED) is 0.670. The SMILES string of the molecule is NCC1CCN(Cc2c(Cl)cccc2[N+](=O)[O-])C1. The molecule has 1 atom stereocenters. The Kier molecular flexibility index (Phi) is 4.16. The van der Waals surface area contributed by atoms with E-state index in [1.54, 1.807) is 12.1 Å². The van der Waals surface area contributed by atoms with Crippen molar-refractivity contribution in [1.29, 1.82) is 0 Å². The van der Waals surface area contributed by atoms with E-state index < -0.39 is 0 Å². The van der Waals surface area contributed by atoms with Gasteiger partial charge in [0.1, 0.15) is 0 Å². The molecule has 2 N–H and O–H groups in total. The minimum absolute atomic E-state index is 0.0960. The Hall–Kier alpha value is -1.17. The van der Waals surface area contributed by atoms with E-state index in [9.17, 15) is 10.1 Å². The number of halogens is 1. The minimum Gasteiger partial charge on any atom is -0.330 e. The molecule has 6 heteroatoms. The Labute approximate surface area is 111 Å². The fraction of sp³-hybridized carbons (Fsp3) is 0.500. The lowest BCUT2D eigenvalue weighted by atomic mass is 10.1. The summed E-state index contributed by atoms with van der Waals surface area (Å²) in [4.78, 5) is 12.8. The number of nitrogens with two attached hydrogens (primary N) is 1. The first-order valence-corrected chi connectivity index (χ1v) is 6.33. The van der Waals surface area contributed by atoms with E-state index in [0.29, 0.717) is 29.6 Å². The summed E-state index contributed by atoms with van der Waals surface area (Å²) in [6.07, 6.45) is 1.05. The summed E-state index contributed by atoms with van der Waals surface area (Å²) in [7, 11) is 0. The van der Waals surface area contributed by atoms with Crippen molar-refractivity contribution < 1.29 is 4.92 Å². The van der Waals surface area contributed by atoms with Crippen LogP contribution in [0.5, 0.6) is 0 Å². The molecule has 1 fully saturated rings. The van der Waals surface area contributed by atoms with E-state index in [2.05, 4.69) is 4.90 Å². The Balaban J connectivity index is 2.16. The molecule has 0 radical (unpaired) electrons. The van der Waals surface area contributed by atoms with Crippen LogP contribution in [0, 0.1) is 16.0 Å². The lowest BCUT2D eigenvalue weighted by Gasteiger charge is -2.16. The fourth-order valence-corrected chi connectivity index (χ4v) is 2.58. The third kappa shape index (κ3) is 2.80. The van der Waals surface area contributed by atoms with E-state index in [4.69, 9.17) is 17.3 Å². The van der Waals surface area contributed by atoms with Gasteiger partial charge in [0.25, 0.3) is 5.69 Å². The van der Waals surface area contributed by atoms with Crippen molar-refractivity contribution in [2.24, 2.45) is 11.7 Å². The molecule has 1 aliphatic heterocycles. The third-order valence-corrected chi connectivity index (χ3v) is 3.73. The van der Waals surface area contributed by atoms with Crippen molar-refractivity contribution in [3.05, 3.63) is 38.9 Å². The maximum Gasteiger partial charge on any atom is 0.275 e. The van der Waals surface area contributed by atoms with Gasteiger partial charge >= 0.3 is 0 Å². The average molecular weight is 270 g/mol. The lowest BCUT2D eigenvalue weighted by Crippen LogP contribution is -2.23. The molecule has 0 bridgehead atoms. The number of nitro benzene ring substituents is 1. The number of hydrogen-bond acceptors (Lipinski definition) is 4. The molecule has 1 aromatic rings. The first-order valence-electron chi connectivity index (χ1n) is 5.96. The largest absolute Gasteiger partial charge is 0.330 e. The van der Waals surface area contributed by atoms with Crippen LogP contribution in [0.15, 0.2) is 18.2 Å². The molecule has 18 heavy (non-hydrogen) atoms. The predicted octanol–water partition coefficient (Wildman–Crippen LogP) is 2.03. The van der Waals surface area contributed by atoms with Crippen molar-refractivity contribution in [3.63, 3.8) is 0 Å². The van der Waals surface area contributed by atoms with Crippen molar-refractivity contribution in [3.8, 4) is 0 Å². The highest BCUT2D eigenvalue weighted by Crippen LogP contribution is 2.29. The van der Waals surface area contributed by atoms with Crippen LogP contribution in [0.3, 0.4) is 0 Å². The molecule has 0 aliphatic carbocycles. The van der Waals surface area contributed by atoms with E-state index >= 15 is 0 Å². The smallest absolute Gasteiger partial charge is 0.275 e. The zero-order chi connectivity index (χ0) is 13.1. The van der Waals surface area contributed by atoms with Crippen LogP contribution in [0.25, 0.3) is 0 Å². The van der Waals surface area contributed by atoms with E-state index in [-0.39, 0.29) is 10.6 Å². The van der Waals surface area contributed by atoms with Gasteiger partial charge in [0.05, 0.1) is 15.5 Å². The fourth-order valence-electron chi connectivity index (χ4n) is 2.35. The zero-order valence-electron chi connectivity index (χ0n) is 10.0. The molecule has 2 rings (SSSR count). The van der Waals surface area contributed by atoms with Gasteiger partial charge in [-0.15, -0.1) is 0 Å². The second kappa shape index (κ2) is 5.65. The van der Waals surface area contributed by atoms with Crippen LogP contribution >= 0.6 is 11.6 Å². The molecule has 1 unspecified atom stereocenters. The third-order valence-electron chi connectivity index (χ3n) is 3.38. The monoisotopic (exact) mass is 269 g/mol. The summed E-state index contributed by atoms with van der Waals surface area (Å²) in [5.41, 5.74) is 6.33. The number of hydrogen-bond donors (Lipinski definition) is 1. The van der Waals surface area contributed by atoms with Gasteiger partial charge in [-0.05, 0) is 31.5 Å². The van der Waals surface area contributed by atoms with Gasteiger partial charge in [-0.3, -0.25) is 15.0 Å². The molecule has 1 aliphatic rings. The average Bonchev–Trinajstić information content (AvgIpc) is 2.79. The molecule has 0 spiro atoms. The normalized spacial score (nSPS) is 20.2. The van der Waals surface area contributed by atoms with E-state index in [1.807, 2.05) is 0 Å². The molecule has 98 valence electrons. The number of nitro groups is 1. The van der Waals surface area contributed by atoms with Crippen molar-refractivity contribution in [2.75, 3.05) is 19.6 Å². The second-order valence-corrected chi connectivity index (χ2v) is 5.03. The Bertz CT molecular complexity index is 453. The summed E-state index contributed by atoms with van der Waals surface area (Å²) in [5.74, 6) is 0.492. The van der Waals surface area contributed by atoms with Crippen molar-refractivity contribution in [2.45, 2.75) is 13.0 Å². The highest BCUT2D eigenvalue weighted by Gasteiger charge is 2.25. The van der Waals surface area contributed by atoms with E-state index in [0.717, 1.165) is 19.5 Å². The zero-order valence-corrected chi connectivity index (χ0v) is 10.8. The summed E-state index contributed by atoms with van der Waals surface area (Å²) >= 11 is 6.07. The van der Waals surface area contributed by atoms with Gasteiger partial charge in [0.15, 0.2) is 0 Å². The summed E-state index contributed by atoms with van der Waals surface area (Å²) in [6, 6.07) is 4.80. The number of rotatable bonds is 4. The number of benzene rings is 1. The number of likely N-dealkylation sites (tertiary alicyclic amines) is 1. The van der Waals surface area contributed by atoms with Gasteiger partial charge in [-0.2, -0.15) is 0 Å². The first-order chi connectivity index (χ1) is 8.61. The molecular weight excluding hydrogens is 254 g/mol. The van der Waals surface area contributed by atoms with Gasteiger partial charge in [0, 0.05) is 19.2 Å². The topological polar surface area (TPSA) is 72.4 Å². The van der Waals surface area contributed by atoms with Gasteiger partial charge < -0.3 is 5.73 Å². The van der Waals surface area contributed by atoms with Gasteiger partial charge in [-0.1, -0.05) is 17.7 Å². The minimum atomic E-state index is -0.377. The van der Waals surface area contributed by atoms with Crippen LogP contribution in [0.2, 0.25) is 5.02 Å². The molecule has 0 aromatic heterocycles. The van der Waals surface area contributed by atoms with Gasteiger partial charge in [-0.25, -0.2) is 0 Å². The molecule has 0 amide bonds. The summed E-state index contributed by atoms with van der Waals surface area (Å²) in [5, 5.41) is 11.4. The van der Waals surface area contributed by atoms with Crippen LogP contribution in [-0.4, -0.2) is 29.5 Å². The first kappa shape index (κ1) is 13.3. The Morgan fingerprint density at radius 2 is 2.33 bits per heavy atom. The standard InChI is InChI=1S/C12H16ClN3O2/c13-11-2-1-3-12(16(17)18)10(11)8-15-5-4-9(6-14)7-15/h1-3,9H,4-8,14H2. The van der Waals surface area contributed by atoms with E-state index in [1.165, 1.54) is 6.07 Å². The lowest BCUT2D eigenvalue weighted by molar-refractivity contribution is -0.385. The summed E-state index contributed by atoms with van der Waals surface area (Å²) in [6.45, 7) is 3.00. The number of nitrogens with zero attached hydrogens (tertiary/aromatic N) is 2. The highest BCUT2D eigenvalue weighted by molar-refractivity contribution is 6.31. The molecule has 5 nitrogen and oxygen atoms in total. The molecule has 1 heterocycles. The maximum atomic E-state index is 11.0. The van der Waals surface area contributed by atoms with Crippen LogP contribution < -0.4 is 5.73 Å².